The summed E-state index contributed by atoms with van der Waals surface area (Å²) in [6.45, 7) is 0.0427. The van der Waals surface area contributed by atoms with Crippen molar-refractivity contribution in [2.24, 2.45) is 0 Å². The van der Waals surface area contributed by atoms with Crippen LogP contribution in [0.25, 0.3) is 0 Å². The fourth-order valence-corrected chi connectivity index (χ4v) is 3.66. The molecule has 3 N–H and O–H groups in total. The number of aliphatic hydroxyl groups excluding tert-OH is 1. The van der Waals surface area contributed by atoms with E-state index in [1.807, 2.05) is 54.6 Å². The fraction of sp³-hybridized carbons (Fsp3) is 0.400. The van der Waals surface area contributed by atoms with Crippen LogP contribution in [-0.4, -0.2) is 22.9 Å². The molecule has 4 heteroatoms. The molecule has 0 unspecified atom stereocenters. The van der Waals surface area contributed by atoms with Gasteiger partial charge in [0, 0.05) is 11.1 Å². The largest absolute Gasteiger partial charge is 0.394 e. The molecule has 24 heavy (non-hydrogen) atoms. The van der Waals surface area contributed by atoms with E-state index in [1.54, 1.807) is 0 Å². The Labute approximate surface area is 148 Å². The summed E-state index contributed by atoms with van der Waals surface area (Å²) in [5.41, 5.74) is 1.31. The molecule has 0 amide bonds. The van der Waals surface area contributed by atoms with E-state index >= 15 is 0 Å². The van der Waals surface area contributed by atoms with Crippen LogP contribution in [0.5, 0.6) is 0 Å². The molecule has 0 saturated heterocycles. The molecule has 1 saturated carbocycles. The highest BCUT2D eigenvalue weighted by Crippen LogP contribution is 2.37. The summed E-state index contributed by atoms with van der Waals surface area (Å²) in [7, 11) is 0. The summed E-state index contributed by atoms with van der Waals surface area (Å²) in [6, 6.07) is 17.7. The Kier molecular flexibility index (Phi) is 5.57. The Bertz CT molecular complexity index is 636. The Balaban J connectivity index is 1.61. The highest BCUT2D eigenvalue weighted by molar-refractivity contribution is 6.30. The van der Waals surface area contributed by atoms with Gasteiger partial charge in [-0.3, -0.25) is 0 Å². The Morgan fingerprint density at radius 2 is 1.67 bits per heavy atom. The van der Waals surface area contributed by atoms with Crippen molar-refractivity contribution >= 4 is 11.6 Å². The molecular weight excluding hydrogens is 322 g/mol. The van der Waals surface area contributed by atoms with Crippen molar-refractivity contribution in [2.75, 3.05) is 6.61 Å². The molecule has 2 aromatic carbocycles. The molecular formula is C20H24ClNO2. The van der Waals surface area contributed by atoms with Gasteiger partial charge in [0.05, 0.1) is 18.2 Å². The van der Waals surface area contributed by atoms with Crippen LogP contribution in [0.2, 0.25) is 5.02 Å². The summed E-state index contributed by atoms with van der Waals surface area (Å²) in [4.78, 5) is 0. The molecule has 1 aliphatic rings. The maximum atomic E-state index is 10.9. The van der Waals surface area contributed by atoms with Crippen LogP contribution in [0.4, 0.5) is 0 Å². The number of halogens is 1. The van der Waals surface area contributed by atoms with Gasteiger partial charge in [0.2, 0.25) is 0 Å². The van der Waals surface area contributed by atoms with Gasteiger partial charge in [0.1, 0.15) is 0 Å². The zero-order valence-electron chi connectivity index (χ0n) is 13.7. The molecule has 3 nitrogen and oxygen atoms in total. The lowest BCUT2D eigenvalue weighted by molar-refractivity contribution is -0.0101. The third-order valence-electron chi connectivity index (χ3n) is 5.02. The minimum absolute atomic E-state index is 0.0427. The van der Waals surface area contributed by atoms with E-state index in [0.717, 1.165) is 36.8 Å². The molecule has 0 aliphatic heterocycles. The van der Waals surface area contributed by atoms with Gasteiger partial charge in [0.25, 0.3) is 0 Å². The number of hydrogen-bond acceptors (Lipinski definition) is 3. The molecule has 0 spiro atoms. The van der Waals surface area contributed by atoms with Crippen molar-refractivity contribution in [3.8, 4) is 0 Å². The summed E-state index contributed by atoms with van der Waals surface area (Å²) in [5, 5.41) is 24.8. The van der Waals surface area contributed by atoms with Crippen LogP contribution >= 0.6 is 11.6 Å². The van der Waals surface area contributed by atoms with E-state index in [0.29, 0.717) is 11.1 Å². The van der Waals surface area contributed by atoms with Crippen LogP contribution < -0.4 is 5.32 Å². The van der Waals surface area contributed by atoms with Crippen molar-refractivity contribution < 1.29 is 10.2 Å². The SMILES string of the molecule is OC[C@@H](NC1CCC(O)(c2ccccc2)CC1)c1ccc(Cl)cc1. The third-order valence-corrected chi connectivity index (χ3v) is 5.27. The second-order valence-electron chi connectivity index (χ2n) is 6.63. The highest BCUT2D eigenvalue weighted by atomic mass is 35.5. The lowest BCUT2D eigenvalue weighted by Crippen LogP contribution is -2.42. The van der Waals surface area contributed by atoms with Gasteiger partial charge < -0.3 is 15.5 Å². The first-order chi connectivity index (χ1) is 11.6. The van der Waals surface area contributed by atoms with Crippen LogP contribution in [-0.2, 0) is 5.60 Å². The average Bonchev–Trinajstić information content (AvgIpc) is 2.63. The van der Waals surface area contributed by atoms with Crippen LogP contribution in [0.15, 0.2) is 54.6 Å². The normalized spacial score (nSPS) is 25.4. The summed E-state index contributed by atoms with van der Waals surface area (Å²) >= 11 is 5.93. The molecule has 1 fully saturated rings. The number of benzene rings is 2. The minimum atomic E-state index is -0.728. The van der Waals surface area contributed by atoms with Gasteiger partial charge in [-0.1, -0.05) is 54.1 Å². The van der Waals surface area contributed by atoms with E-state index in [9.17, 15) is 10.2 Å². The van der Waals surface area contributed by atoms with Crippen molar-refractivity contribution in [3.63, 3.8) is 0 Å². The topological polar surface area (TPSA) is 52.5 Å². The van der Waals surface area contributed by atoms with E-state index in [1.165, 1.54) is 0 Å². The van der Waals surface area contributed by atoms with Crippen LogP contribution in [0.1, 0.15) is 42.9 Å². The zero-order valence-corrected chi connectivity index (χ0v) is 14.4. The predicted octanol–water partition coefficient (Wildman–Crippen LogP) is 3.79. The third kappa shape index (κ3) is 3.98. The monoisotopic (exact) mass is 345 g/mol. The van der Waals surface area contributed by atoms with Crippen molar-refractivity contribution in [1.82, 2.24) is 5.32 Å². The van der Waals surface area contributed by atoms with E-state index in [2.05, 4.69) is 5.32 Å². The van der Waals surface area contributed by atoms with E-state index < -0.39 is 5.60 Å². The van der Waals surface area contributed by atoms with E-state index in [-0.39, 0.29) is 12.6 Å². The molecule has 2 aromatic rings. The van der Waals surface area contributed by atoms with Crippen LogP contribution in [0.3, 0.4) is 0 Å². The van der Waals surface area contributed by atoms with Crippen molar-refractivity contribution in [2.45, 2.75) is 43.4 Å². The lowest BCUT2D eigenvalue weighted by atomic mass is 9.77. The maximum Gasteiger partial charge on any atom is 0.0897 e. The first-order valence-corrected chi connectivity index (χ1v) is 8.89. The molecule has 0 heterocycles. The first-order valence-electron chi connectivity index (χ1n) is 8.51. The van der Waals surface area contributed by atoms with Gasteiger partial charge in [-0.15, -0.1) is 0 Å². The Morgan fingerprint density at radius 1 is 1.04 bits per heavy atom. The number of hydrogen-bond donors (Lipinski definition) is 3. The molecule has 128 valence electrons. The molecule has 0 radical (unpaired) electrons. The van der Waals surface area contributed by atoms with Gasteiger partial charge in [0.15, 0.2) is 0 Å². The maximum absolute atomic E-state index is 10.9. The molecule has 3 rings (SSSR count). The molecule has 0 bridgehead atoms. The van der Waals surface area contributed by atoms with Gasteiger partial charge in [-0.2, -0.15) is 0 Å². The summed E-state index contributed by atoms with van der Waals surface area (Å²) in [5.74, 6) is 0. The lowest BCUT2D eigenvalue weighted by Gasteiger charge is -2.38. The fourth-order valence-electron chi connectivity index (χ4n) is 3.53. The first kappa shape index (κ1) is 17.4. The molecule has 1 aliphatic carbocycles. The number of nitrogens with one attached hydrogen (secondary N) is 1. The van der Waals surface area contributed by atoms with Crippen LogP contribution in [0, 0.1) is 0 Å². The Morgan fingerprint density at radius 3 is 2.25 bits per heavy atom. The quantitative estimate of drug-likeness (QED) is 0.772. The molecule has 1 atom stereocenters. The van der Waals surface area contributed by atoms with Gasteiger partial charge in [-0.05, 0) is 48.9 Å². The molecule has 0 aromatic heterocycles. The van der Waals surface area contributed by atoms with Gasteiger partial charge in [-0.25, -0.2) is 0 Å². The van der Waals surface area contributed by atoms with E-state index in [4.69, 9.17) is 11.6 Å². The van der Waals surface area contributed by atoms with Crippen molar-refractivity contribution in [3.05, 3.63) is 70.7 Å². The van der Waals surface area contributed by atoms with Gasteiger partial charge >= 0.3 is 0 Å². The number of aliphatic hydroxyl groups is 2. The summed E-state index contributed by atoms with van der Waals surface area (Å²) < 4.78 is 0. The smallest absolute Gasteiger partial charge is 0.0897 e. The zero-order chi connectivity index (χ0) is 17.0. The predicted molar refractivity (Wildman–Crippen MR) is 97.0 cm³/mol. The second-order valence-corrected chi connectivity index (χ2v) is 7.06. The standard InChI is InChI=1S/C20H24ClNO2/c21-17-8-6-15(7-9-17)19(14-23)22-18-10-12-20(24,13-11-18)16-4-2-1-3-5-16/h1-9,18-19,22-24H,10-14H2/t18?,19-,20?/m1/s1. The second kappa shape index (κ2) is 7.66. The summed E-state index contributed by atoms with van der Waals surface area (Å²) in [6.07, 6.45) is 3.23. The highest BCUT2D eigenvalue weighted by Gasteiger charge is 2.35. The number of rotatable bonds is 5. The minimum Gasteiger partial charge on any atom is -0.394 e. The van der Waals surface area contributed by atoms with Crippen molar-refractivity contribution in [1.29, 1.82) is 0 Å². The Hall–Kier alpha value is -1.39. The average molecular weight is 346 g/mol.